The maximum Gasteiger partial charge on any atom is 0.219 e. The lowest BCUT2D eigenvalue weighted by Gasteiger charge is -2.10. The van der Waals surface area contributed by atoms with Gasteiger partial charge in [-0.25, -0.2) is 4.98 Å². The van der Waals surface area contributed by atoms with Gasteiger partial charge in [-0.15, -0.1) is 0 Å². The molecule has 5 heteroatoms. The van der Waals surface area contributed by atoms with Crippen LogP contribution in [0.2, 0.25) is 0 Å². The molecule has 0 atom stereocenters. The Hall–Kier alpha value is -1.75. The molecule has 2 aromatic rings. The lowest BCUT2D eigenvalue weighted by Crippen LogP contribution is -1.94. The smallest absolute Gasteiger partial charge is 0.219 e. The van der Waals surface area contributed by atoms with Gasteiger partial charge in [0, 0.05) is 28.5 Å². The average molecular weight is 309 g/mol. The predicted octanol–water partition coefficient (Wildman–Crippen LogP) is 3.54. The molecule has 0 aliphatic heterocycles. The minimum Gasteiger partial charge on any atom is -0.493 e. The number of nitrogen functional groups attached to an aromatic ring is 1. The zero-order valence-corrected chi connectivity index (χ0v) is 11.7. The standard InChI is InChI=1S/C13H13BrN2O2/c1-8-5-13(16-7-10(8)14)18-11-4-3-9(15)6-12(11)17-2/h3-7H,15H2,1-2H3. The highest BCUT2D eigenvalue weighted by Crippen LogP contribution is 2.33. The first-order valence-corrected chi connectivity index (χ1v) is 6.13. The minimum atomic E-state index is 0.513. The van der Waals surface area contributed by atoms with Gasteiger partial charge in [0.2, 0.25) is 5.88 Å². The highest BCUT2D eigenvalue weighted by molar-refractivity contribution is 9.10. The third-order valence-electron chi connectivity index (χ3n) is 2.42. The number of rotatable bonds is 3. The van der Waals surface area contributed by atoms with Crippen molar-refractivity contribution in [2.24, 2.45) is 0 Å². The number of nitrogens with two attached hydrogens (primary N) is 1. The summed E-state index contributed by atoms with van der Waals surface area (Å²) in [5, 5.41) is 0. The molecule has 0 amide bonds. The monoisotopic (exact) mass is 308 g/mol. The SMILES string of the molecule is COc1cc(N)ccc1Oc1cc(C)c(Br)cn1. The lowest BCUT2D eigenvalue weighted by atomic mass is 10.3. The molecule has 4 nitrogen and oxygen atoms in total. The fourth-order valence-corrected chi connectivity index (χ4v) is 1.67. The van der Waals surface area contributed by atoms with E-state index in [2.05, 4.69) is 20.9 Å². The van der Waals surface area contributed by atoms with Gasteiger partial charge >= 0.3 is 0 Å². The second-order valence-corrected chi connectivity index (χ2v) is 4.64. The van der Waals surface area contributed by atoms with Gasteiger partial charge < -0.3 is 15.2 Å². The van der Waals surface area contributed by atoms with E-state index < -0.39 is 0 Å². The van der Waals surface area contributed by atoms with Crippen molar-refractivity contribution in [3.05, 3.63) is 40.5 Å². The number of aromatic nitrogens is 1. The number of hydrogen-bond donors (Lipinski definition) is 1. The summed E-state index contributed by atoms with van der Waals surface area (Å²) in [4.78, 5) is 4.18. The van der Waals surface area contributed by atoms with Gasteiger partial charge in [-0.3, -0.25) is 0 Å². The largest absolute Gasteiger partial charge is 0.493 e. The first kappa shape index (κ1) is 12.7. The van der Waals surface area contributed by atoms with Crippen LogP contribution < -0.4 is 15.2 Å². The molecule has 0 fully saturated rings. The number of benzene rings is 1. The van der Waals surface area contributed by atoms with Crippen LogP contribution in [0.5, 0.6) is 17.4 Å². The number of nitrogens with zero attached hydrogens (tertiary/aromatic N) is 1. The van der Waals surface area contributed by atoms with E-state index in [0.717, 1.165) is 10.0 Å². The molecule has 18 heavy (non-hydrogen) atoms. The summed E-state index contributed by atoms with van der Waals surface area (Å²) in [5.41, 5.74) is 7.36. The van der Waals surface area contributed by atoms with Crippen molar-refractivity contribution in [3.63, 3.8) is 0 Å². The summed E-state index contributed by atoms with van der Waals surface area (Å²) in [6, 6.07) is 7.07. The molecule has 0 aliphatic carbocycles. The third kappa shape index (κ3) is 2.73. The Morgan fingerprint density at radius 1 is 1.22 bits per heavy atom. The maximum absolute atomic E-state index is 5.68. The van der Waals surface area contributed by atoms with Gasteiger partial charge in [0.1, 0.15) is 0 Å². The summed E-state index contributed by atoms with van der Waals surface area (Å²) in [6.07, 6.45) is 1.70. The van der Waals surface area contributed by atoms with Crippen LogP contribution in [0.25, 0.3) is 0 Å². The molecule has 1 heterocycles. The highest BCUT2D eigenvalue weighted by Gasteiger charge is 2.07. The molecule has 1 aromatic heterocycles. The molecule has 0 spiro atoms. The molecule has 0 saturated heterocycles. The maximum atomic E-state index is 5.68. The van der Waals surface area contributed by atoms with Gasteiger partial charge in [0.05, 0.1) is 7.11 Å². The molecule has 0 radical (unpaired) electrons. The average Bonchev–Trinajstić information content (AvgIpc) is 2.36. The highest BCUT2D eigenvalue weighted by atomic mass is 79.9. The number of methoxy groups -OCH3 is 1. The Balaban J connectivity index is 2.30. The number of aryl methyl sites for hydroxylation is 1. The first-order chi connectivity index (χ1) is 8.60. The van der Waals surface area contributed by atoms with Crippen molar-refractivity contribution in [3.8, 4) is 17.4 Å². The molecule has 0 aliphatic rings. The quantitative estimate of drug-likeness (QED) is 0.881. The zero-order valence-electron chi connectivity index (χ0n) is 10.1. The van der Waals surface area contributed by atoms with Crippen molar-refractivity contribution >= 4 is 21.6 Å². The second kappa shape index (κ2) is 5.27. The van der Waals surface area contributed by atoms with Gasteiger partial charge in [0.15, 0.2) is 11.5 Å². The van der Waals surface area contributed by atoms with Crippen LogP contribution >= 0.6 is 15.9 Å². The van der Waals surface area contributed by atoms with Crippen LogP contribution in [0.4, 0.5) is 5.69 Å². The van der Waals surface area contributed by atoms with E-state index in [0.29, 0.717) is 23.1 Å². The van der Waals surface area contributed by atoms with Gasteiger partial charge in [0.25, 0.3) is 0 Å². The molecule has 0 bridgehead atoms. The van der Waals surface area contributed by atoms with Crippen LogP contribution in [-0.2, 0) is 0 Å². The van der Waals surface area contributed by atoms with Crippen molar-refractivity contribution in [2.75, 3.05) is 12.8 Å². The Morgan fingerprint density at radius 2 is 2.00 bits per heavy atom. The normalized spacial score (nSPS) is 10.2. The van der Waals surface area contributed by atoms with E-state index in [1.807, 2.05) is 13.0 Å². The lowest BCUT2D eigenvalue weighted by molar-refractivity contribution is 0.374. The topological polar surface area (TPSA) is 57.4 Å². The fourth-order valence-electron chi connectivity index (χ4n) is 1.45. The van der Waals surface area contributed by atoms with Crippen LogP contribution in [0.3, 0.4) is 0 Å². The van der Waals surface area contributed by atoms with Crippen molar-refractivity contribution < 1.29 is 9.47 Å². The van der Waals surface area contributed by atoms with Crippen molar-refractivity contribution in [1.29, 1.82) is 0 Å². The molecule has 2 rings (SSSR count). The van der Waals surface area contributed by atoms with Gasteiger partial charge in [-0.2, -0.15) is 0 Å². The molecular weight excluding hydrogens is 296 g/mol. The number of halogens is 1. The van der Waals surface area contributed by atoms with Crippen molar-refractivity contribution in [1.82, 2.24) is 4.98 Å². The van der Waals surface area contributed by atoms with Crippen LogP contribution in [0, 0.1) is 6.92 Å². The number of pyridine rings is 1. The van der Waals surface area contributed by atoms with Crippen LogP contribution in [0.15, 0.2) is 34.9 Å². The van der Waals surface area contributed by atoms with E-state index in [9.17, 15) is 0 Å². The first-order valence-electron chi connectivity index (χ1n) is 5.33. The second-order valence-electron chi connectivity index (χ2n) is 3.78. The molecule has 0 saturated carbocycles. The molecule has 1 aromatic carbocycles. The van der Waals surface area contributed by atoms with E-state index in [4.69, 9.17) is 15.2 Å². The summed E-state index contributed by atoms with van der Waals surface area (Å²) >= 11 is 3.39. The molecular formula is C13H13BrN2O2. The Bertz CT molecular complexity index is 573. The number of hydrogen-bond acceptors (Lipinski definition) is 4. The Morgan fingerprint density at radius 3 is 2.67 bits per heavy atom. The predicted molar refractivity (Wildman–Crippen MR) is 74.2 cm³/mol. The number of ether oxygens (including phenoxy) is 2. The van der Waals surface area contributed by atoms with Gasteiger partial charge in [-0.1, -0.05) is 0 Å². The van der Waals surface area contributed by atoms with E-state index in [1.165, 1.54) is 0 Å². The minimum absolute atomic E-state index is 0.513. The van der Waals surface area contributed by atoms with E-state index >= 15 is 0 Å². The number of anilines is 1. The van der Waals surface area contributed by atoms with Crippen LogP contribution in [0.1, 0.15) is 5.56 Å². The van der Waals surface area contributed by atoms with E-state index in [1.54, 1.807) is 31.5 Å². The Labute approximate surface area is 114 Å². The summed E-state index contributed by atoms with van der Waals surface area (Å²) < 4.78 is 11.8. The summed E-state index contributed by atoms with van der Waals surface area (Å²) in [7, 11) is 1.57. The fraction of sp³-hybridized carbons (Fsp3) is 0.154. The van der Waals surface area contributed by atoms with Gasteiger partial charge in [-0.05, 0) is 40.5 Å². The summed E-state index contributed by atoms with van der Waals surface area (Å²) in [6.45, 7) is 1.97. The summed E-state index contributed by atoms with van der Waals surface area (Å²) in [5.74, 6) is 1.68. The zero-order chi connectivity index (χ0) is 13.1. The molecule has 0 unspecified atom stereocenters. The van der Waals surface area contributed by atoms with Crippen molar-refractivity contribution in [2.45, 2.75) is 6.92 Å². The Kier molecular flexibility index (Phi) is 3.72. The van der Waals surface area contributed by atoms with Crippen LogP contribution in [-0.4, -0.2) is 12.1 Å². The third-order valence-corrected chi connectivity index (χ3v) is 3.25. The molecule has 94 valence electrons. The van der Waals surface area contributed by atoms with E-state index in [-0.39, 0.29) is 0 Å². The molecule has 2 N–H and O–H groups in total.